The summed E-state index contributed by atoms with van der Waals surface area (Å²) < 4.78 is 26.6. The molecule has 0 bridgehead atoms. The molecule has 0 unspecified atom stereocenters. The van der Waals surface area contributed by atoms with Crippen LogP contribution in [0.2, 0.25) is 0 Å². The Morgan fingerprint density at radius 2 is 1.60 bits per heavy atom. The van der Waals surface area contributed by atoms with Crippen LogP contribution < -0.4 is 23.8 Å². The van der Waals surface area contributed by atoms with Gasteiger partial charge >= 0.3 is 5.91 Å². The van der Waals surface area contributed by atoms with Gasteiger partial charge in [-0.15, -0.1) is 0 Å². The molecule has 2 aromatic carbocycles. The Morgan fingerprint density at radius 1 is 0.914 bits per heavy atom. The molecule has 10 nitrogen and oxygen atoms in total. The number of anilines is 1. The first kappa shape index (κ1) is 23.7. The number of benzene rings is 2. The first-order chi connectivity index (χ1) is 16.8. The van der Waals surface area contributed by atoms with Crippen LogP contribution in [0.15, 0.2) is 52.6 Å². The van der Waals surface area contributed by atoms with E-state index < -0.39 is 23.5 Å². The summed E-state index contributed by atoms with van der Waals surface area (Å²) in [5.74, 6) is 0.00542. The number of aryl methyl sites for hydroxylation is 1. The molecule has 1 aliphatic rings. The van der Waals surface area contributed by atoms with E-state index in [0.717, 1.165) is 0 Å². The van der Waals surface area contributed by atoms with Gasteiger partial charge in [0.05, 0.1) is 34.0 Å². The molecule has 10 heteroatoms. The molecule has 1 atom stereocenters. The van der Waals surface area contributed by atoms with E-state index in [2.05, 4.69) is 5.16 Å². The average Bonchev–Trinajstić information content (AvgIpc) is 3.42. The van der Waals surface area contributed by atoms with Crippen molar-refractivity contribution in [3.8, 4) is 23.0 Å². The van der Waals surface area contributed by atoms with Crippen LogP contribution in [0.1, 0.15) is 22.9 Å². The molecule has 0 aliphatic carbocycles. The minimum atomic E-state index is -1.09. The highest BCUT2D eigenvalue weighted by Gasteiger charge is 2.49. The van der Waals surface area contributed by atoms with Crippen LogP contribution >= 0.6 is 0 Å². The van der Waals surface area contributed by atoms with Gasteiger partial charge in [0.15, 0.2) is 17.3 Å². The number of aliphatic hydroxyl groups excluding tert-OH is 1. The minimum Gasteiger partial charge on any atom is -0.507 e. The summed E-state index contributed by atoms with van der Waals surface area (Å²) in [6, 6.07) is 10.1. The minimum absolute atomic E-state index is 0.117. The molecule has 35 heavy (non-hydrogen) atoms. The van der Waals surface area contributed by atoms with Crippen LogP contribution in [0.25, 0.3) is 5.76 Å². The first-order valence-corrected chi connectivity index (χ1v) is 10.5. The summed E-state index contributed by atoms with van der Waals surface area (Å²) in [5, 5.41) is 15.3. The van der Waals surface area contributed by atoms with E-state index in [4.69, 9.17) is 23.5 Å². The number of aromatic nitrogens is 1. The molecule has 2 heterocycles. The highest BCUT2D eigenvalue weighted by Crippen LogP contribution is 2.46. The monoisotopic (exact) mass is 480 g/mol. The molecule has 1 N–H and O–H groups in total. The van der Waals surface area contributed by atoms with Gasteiger partial charge in [-0.05, 0) is 43.3 Å². The zero-order valence-corrected chi connectivity index (χ0v) is 19.8. The summed E-state index contributed by atoms with van der Waals surface area (Å²) in [4.78, 5) is 27.8. The molecule has 1 aromatic heterocycles. The molecular formula is C25H24N2O8. The number of methoxy groups -OCH3 is 4. The summed E-state index contributed by atoms with van der Waals surface area (Å²) >= 11 is 0. The third-order valence-corrected chi connectivity index (χ3v) is 5.70. The summed E-state index contributed by atoms with van der Waals surface area (Å²) in [6.45, 7) is 1.66. The van der Waals surface area contributed by atoms with Crippen molar-refractivity contribution in [2.45, 2.75) is 13.0 Å². The second-order valence-corrected chi connectivity index (χ2v) is 7.64. The number of aliphatic hydroxyl groups is 1. The van der Waals surface area contributed by atoms with E-state index in [1.54, 1.807) is 37.3 Å². The fraction of sp³-hybridized carbons (Fsp3) is 0.240. The summed E-state index contributed by atoms with van der Waals surface area (Å²) in [7, 11) is 5.89. The smallest absolute Gasteiger partial charge is 0.301 e. The van der Waals surface area contributed by atoms with E-state index in [9.17, 15) is 14.7 Å². The molecule has 4 rings (SSSR count). The molecule has 1 amide bonds. The predicted octanol–water partition coefficient (Wildman–Crippen LogP) is 3.64. The summed E-state index contributed by atoms with van der Waals surface area (Å²) in [6.07, 6.45) is 0. The van der Waals surface area contributed by atoms with Crippen molar-refractivity contribution in [3.05, 3.63) is 64.9 Å². The third kappa shape index (κ3) is 4.03. The van der Waals surface area contributed by atoms with Crippen LogP contribution in [0.3, 0.4) is 0 Å². The number of Topliss-reactive ketones (excluding diaryl/α,β-unsaturated/α-hetero) is 1. The van der Waals surface area contributed by atoms with E-state index in [0.29, 0.717) is 34.3 Å². The lowest BCUT2D eigenvalue weighted by molar-refractivity contribution is -0.132. The van der Waals surface area contributed by atoms with Gasteiger partial charge in [0.2, 0.25) is 0 Å². The van der Waals surface area contributed by atoms with Crippen molar-refractivity contribution in [2.75, 3.05) is 33.3 Å². The fourth-order valence-electron chi connectivity index (χ4n) is 4.02. The molecule has 182 valence electrons. The maximum Gasteiger partial charge on any atom is 0.301 e. The van der Waals surface area contributed by atoms with Crippen molar-refractivity contribution in [3.63, 3.8) is 0 Å². The number of hydrogen-bond acceptors (Lipinski definition) is 9. The van der Waals surface area contributed by atoms with Crippen LogP contribution in [-0.2, 0) is 9.59 Å². The Balaban J connectivity index is 2.00. The maximum atomic E-state index is 13.3. The van der Waals surface area contributed by atoms with Gasteiger partial charge in [-0.25, -0.2) is 0 Å². The Hall–Kier alpha value is -4.47. The van der Waals surface area contributed by atoms with Gasteiger partial charge in [0.1, 0.15) is 29.1 Å². The molecule has 1 aliphatic heterocycles. The molecular weight excluding hydrogens is 456 g/mol. The standard InChI is InChI=1S/C25H24N2O8/c1-13-10-20(26-35-13)27-22(16-12-15(31-2)7-9-17(16)32-3)21(24(29)25(27)30)23(28)14-6-8-18(33-4)19(11-14)34-5/h6-12,22,28H,1-5H3/t22-/m1/s1. The second-order valence-electron chi connectivity index (χ2n) is 7.64. The predicted molar refractivity (Wildman–Crippen MR) is 125 cm³/mol. The Kier molecular flexibility index (Phi) is 6.37. The molecule has 0 saturated carbocycles. The largest absolute Gasteiger partial charge is 0.507 e. The SMILES string of the molecule is COc1ccc(OC)c([C@@H]2C(=C(O)c3ccc(OC)c(OC)c3)C(=O)C(=O)N2c2cc(C)on2)c1. The normalized spacial score (nSPS) is 16.9. The van der Waals surface area contributed by atoms with Gasteiger partial charge in [0, 0.05) is 17.2 Å². The quantitative estimate of drug-likeness (QED) is 0.307. The van der Waals surface area contributed by atoms with Crippen molar-refractivity contribution in [1.29, 1.82) is 0 Å². The lowest BCUT2D eigenvalue weighted by atomic mass is 9.94. The van der Waals surface area contributed by atoms with E-state index in [1.807, 2.05) is 0 Å². The molecule has 0 radical (unpaired) electrons. The number of hydrogen-bond donors (Lipinski definition) is 1. The van der Waals surface area contributed by atoms with Crippen LogP contribution in [0.4, 0.5) is 5.82 Å². The lowest BCUT2D eigenvalue weighted by Crippen LogP contribution is -2.30. The maximum absolute atomic E-state index is 13.3. The van der Waals surface area contributed by atoms with Crippen molar-refractivity contribution in [2.24, 2.45) is 0 Å². The molecule has 1 fully saturated rings. The zero-order valence-electron chi connectivity index (χ0n) is 19.8. The highest BCUT2D eigenvalue weighted by atomic mass is 16.5. The molecule has 1 saturated heterocycles. The lowest BCUT2D eigenvalue weighted by Gasteiger charge is -2.25. The molecule has 0 spiro atoms. The number of ether oxygens (including phenoxy) is 4. The van der Waals surface area contributed by atoms with Gasteiger partial charge in [0.25, 0.3) is 5.78 Å². The molecule has 3 aromatic rings. The van der Waals surface area contributed by atoms with E-state index in [-0.39, 0.29) is 17.0 Å². The van der Waals surface area contributed by atoms with Gasteiger partial charge in [-0.2, -0.15) is 0 Å². The Labute approximate surface area is 201 Å². The van der Waals surface area contributed by atoms with E-state index >= 15 is 0 Å². The number of carbonyl (C=O) groups excluding carboxylic acids is 2. The number of rotatable bonds is 7. The average molecular weight is 480 g/mol. The van der Waals surface area contributed by atoms with Crippen LogP contribution in [0, 0.1) is 6.92 Å². The Morgan fingerprint density at radius 3 is 2.20 bits per heavy atom. The van der Waals surface area contributed by atoms with Crippen LogP contribution in [0.5, 0.6) is 23.0 Å². The van der Waals surface area contributed by atoms with Gasteiger partial charge in [-0.3, -0.25) is 14.5 Å². The Bertz CT molecular complexity index is 1330. The third-order valence-electron chi connectivity index (χ3n) is 5.70. The summed E-state index contributed by atoms with van der Waals surface area (Å²) in [5.41, 5.74) is 0.506. The number of carbonyl (C=O) groups is 2. The van der Waals surface area contributed by atoms with Crippen molar-refractivity contribution in [1.82, 2.24) is 5.16 Å². The van der Waals surface area contributed by atoms with E-state index in [1.165, 1.54) is 45.5 Å². The van der Waals surface area contributed by atoms with Crippen molar-refractivity contribution >= 4 is 23.3 Å². The number of ketones is 1. The number of amides is 1. The van der Waals surface area contributed by atoms with Gasteiger partial charge in [-0.1, -0.05) is 5.16 Å². The van der Waals surface area contributed by atoms with Crippen LogP contribution in [-0.4, -0.2) is 50.4 Å². The fourth-order valence-corrected chi connectivity index (χ4v) is 4.02. The zero-order chi connectivity index (χ0) is 25.3. The highest BCUT2D eigenvalue weighted by molar-refractivity contribution is 6.51. The second kappa shape index (κ2) is 9.41. The topological polar surface area (TPSA) is 121 Å². The number of nitrogens with zero attached hydrogens (tertiary/aromatic N) is 2. The van der Waals surface area contributed by atoms with Crippen molar-refractivity contribution < 1.29 is 38.2 Å². The first-order valence-electron chi connectivity index (χ1n) is 10.5. The van der Waals surface area contributed by atoms with Gasteiger partial charge < -0.3 is 28.6 Å².